The third kappa shape index (κ3) is 15.5. The van der Waals surface area contributed by atoms with Crippen LogP contribution in [0.2, 0.25) is 13.6 Å². The van der Waals surface area contributed by atoms with E-state index in [9.17, 15) is 43.9 Å². The van der Waals surface area contributed by atoms with Crippen molar-refractivity contribution in [1.29, 1.82) is 0 Å². The summed E-state index contributed by atoms with van der Waals surface area (Å²) in [4.78, 5) is 85.4. The Morgan fingerprint density at radius 1 is 0.558 bits per heavy atom. The molecule has 416 valence electrons. The first-order valence-electron chi connectivity index (χ1n) is 26.6. The van der Waals surface area contributed by atoms with Gasteiger partial charge < -0.3 is 74.0 Å². The summed E-state index contributed by atoms with van der Waals surface area (Å²) in [5, 5.41) is 41.1. The van der Waals surface area contributed by atoms with Gasteiger partial charge in [-0.15, -0.1) is 0 Å². The second kappa shape index (κ2) is 27.7. The molecule has 77 heavy (non-hydrogen) atoms. The van der Waals surface area contributed by atoms with E-state index < -0.39 is 73.7 Å². The van der Waals surface area contributed by atoms with Crippen LogP contribution >= 0.6 is 0 Å². The van der Waals surface area contributed by atoms with Gasteiger partial charge in [-0.3, -0.25) is 28.8 Å². The van der Waals surface area contributed by atoms with Gasteiger partial charge in [0.05, 0.1) is 48.1 Å². The first-order valence-corrected chi connectivity index (χ1v) is 26.6. The molecule has 2 amide bonds. The van der Waals surface area contributed by atoms with Gasteiger partial charge in [-0.25, -0.2) is 0 Å². The highest BCUT2D eigenvalue weighted by Crippen LogP contribution is 2.46. The molecule has 21 nitrogen and oxygen atoms in total. The number of amides is 2. The number of benzene rings is 3. The van der Waals surface area contributed by atoms with Crippen LogP contribution < -0.4 is 19.9 Å². The first-order chi connectivity index (χ1) is 37.0. The standard InChI is InChI=1S/C30H38BN3O7.C23H32BN3O7.CH4O/c1-31(38)32-23(29(36)39-19-21-6-4-3-5-7-21)18-20-8-10-22(11-9-20)40-30(37)27-25-13-12-24(41-25)26(27)28(35)34-16-14-33(2)15-17-34;1-24(32)25-16(22(29)30)13-14-3-5-15(6-4-14)33-23(31)20-18-8-7-17(34-18)19(20)21(28)27-11-9-26(2)10-12-27;1-2/h3-11,23-27,32,38H,12-19H2,1-2H3;3-6,16-20,25,32H,7-13H2,1-2H3,(H,29,30);2H,1H3. The quantitative estimate of drug-likeness (QED) is 0.0589. The van der Waals surface area contributed by atoms with Crippen molar-refractivity contribution >= 4 is 49.8 Å². The number of nitrogens with zero attached hydrogens (tertiary/aromatic N) is 4. The molecule has 3 aromatic rings. The summed E-state index contributed by atoms with van der Waals surface area (Å²) in [7, 11) is 3.20. The fourth-order valence-electron chi connectivity index (χ4n) is 11.1. The van der Waals surface area contributed by atoms with Crippen LogP contribution in [0.1, 0.15) is 42.4 Å². The zero-order valence-electron chi connectivity index (χ0n) is 44.6. The van der Waals surface area contributed by atoms with Gasteiger partial charge in [-0.1, -0.05) is 54.6 Å². The number of carboxylic acids is 1. The molecule has 9 rings (SSSR count). The van der Waals surface area contributed by atoms with E-state index in [1.54, 1.807) is 55.4 Å². The molecule has 23 heteroatoms. The summed E-state index contributed by atoms with van der Waals surface area (Å²) < 4.78 is 28.8. The zero-order valence-corrected chi connectivity index (χ0v) is 44.6. The highest BCUT2D eigenvalue weighted by molar-refractivity contribution is 6.46. The van der Waals surface area contributed by atoms with Gasteiger partial charge in [-0.05, 0) is 107 Å². The van der Waals surface area contributed by atoms with Crippen molar-refractivity contribution in [3.05, 3.63) is 95.6 Å². The molecule has 6 saturated heterocycles. The normalized spacial score (nSPS) is 25.3. The molecule has 6 aliphatic heterocycles. The third-order valence-corrected chi connectivity index (χ3v) is 15.1. The van der Waals surface area contributed by atoms with E-state index in [0.717, 1.165) is 70.1 Å². The maximum absolute atomic E-state index is 13.4. The van der Waals surface area contributed by atoms with Crippen molar-refractivity contribution in [3.63, 3.8) is 0 Å². The van der Waals surface area contributed by atoms with Crippen LogP contribution in [0.3, 0.4) is 0 Å². The summed E-state index contributed by atoms with van der Waals surface area (Å²) in [5.74, 6) is -4.09. The second-order valence-electron chi connectivity index (χ2n) is 20.7. The summed E-state index contributed by atoms with van der Waals surface area (Å²) >= 11 is 0. The lowest BCUT2D eigenvalue weighted by Gasteiger charge is -2.36. The van der Waals surface area contributed by atoms with Crippen LogP contribution in [-0.4, -0.2) is 200 Å². The zero-order chi connectivity index (χ0) is 55.3. The van der Waals surface area contributed by atoms with Crippen LogP contribution in [-0.2, 0) is 62.4 Å². The lowest BCUT2D eigenvalue weighted by atomic mass is 9.78. The van der Waals surface area contributed by atoms with E-state index in [2.05, 4.69) is 20.3 Å². The Morgan fingerprint density at radius 2 is 0.935 bits per heavy atom. The van der Waals surface area contributed by atoms with Gasteiger partial charge >= 0.3 is 38.0 Å². The minimum atomic E-state index is -1.07. The van der Waals surface area contributed by atoms with E-state index in [4.69, 9.17) is 28.8 Å². The molecular formula is C54H74B2N6O15. The summed E-state index contributed by atoms with van der Waals surface area (Å²) in [6, 6.07) is 21.2. The number of hydrogen-bond acceptors (Lipinski definition) is 18. The van der Waals surface area contributed by atoms with Gasteiger partial charge in [0.15, 0.2) is 0 Å². The molecule has 6 fully saturated rings. The number of hydrogen-bond donors (Lipinski definition) is 6. The molecule has 4 bridgehead atoms. The highest BCUT2D eigenvalue weighted by Gasteiger charge is 2.58. The highest BCUT2D eigenvalue weighted by atomic mass is 16.6. The van der Waals surface area contributed by atoms with Gasteiger partial charge in [0.25, 0.3) is 0 Å². The fraction of sp³-hybridized carbons (Fsp3) is 0.556. The van der Waals surface area contributed by atoms with Crippen LogP contribution in [0.4, 0.5) is 0 Å². The number of aliphatic carboxylic acids is 1. The third-order valence-electron chi connectivity index (χ3n) is 15.1. The molecule has 0 spiro atoms. The lowest BCUT2D eigenvalue weighted by molar-refractivity contribution is -0.149. The van der Waals surface area contributed by atoms with Crippen molar-refractivity contribution in [2.24, 2.45) is 23.7 Å². The number of fused-ring (bicyclic) bond motifs is 4. The topological polar surface area (TPSA) is 267 Å². The maximum atomic E-state index is 13.4. The van der Waals surface area contributed by atoms with Crippen LogP contribution in [0.15, 0.2) is 78.9 Å². The van der Waals surface area contributed by atoms with Crippen LogP contribution in [0.5, 0.6) is 11.5 Å². The second-order valence-corrected chi connectivity index (χ2v) is 20.7. The van der Waals surface area contributed by atoms with Gasteiger partial charge in [-0.2, -0.15) is 0 Å². The predicted octanol–water partition coefficient (Wildman–Crippen LogP) is 0.978. The van der Waals surface area contributed by atoms with Crippen LogP contribution in [0.25, 0.3) is 0 Å². The molecule has 3 aromatic carbocycles. The molecule has 10 atom stereocenters. The smallest absolute Gasteiger partial charge is 0.374 e. The van der Waals surface area contributed by atoms with Crippen LogP contribution in [0, 0.1) is 23.7 Å². The van der Waals surface area contributed by atoms with Gasteiger partial charge in [0, 0.05) is 59.5 Å². The van der Waals surface area contributed by atoms with E-state index in [-0.39, 0.29) is 55.7 Å². The molecule has 0 radical (unpaired) electrons. The molecule has 6 heterocycles. The number of rotatable bonds is 18. The van der Waals surface area contributed by atoms with E-state index in [1.807, 2.05) is 54.2 Å². The largest absolute Gasteiger partial charge is 0.480 e. The SMILES string of the molecule is CB(O)NC(Cc1ccc(OC(=O)C2C3CCC(O3)C2C(=O)N2CCN(C)CC2)cc1)C(=O)O.CB(O)NC(Cc1ccc(OC(=O)C2C3CCC(O3)C2C(=O)N2CCN(C)CC2)cc1)C(=O)OCc1ccccc1.CO. The van der Waals surface area contributed by atoms with Gasteiger partial charge in [0.1, 0.15) is 30.2 Å². The Labute approximate surface area is 450 Å². The molecule has 0 aromatic heterocycles. The Morgan fingerprint density at radius 3 is 1.32 bits per heavy atom. The number of piperazine rings is 2. The number of nitrogens with one attached hydrogen (secondary N) is 2. The molecule has 6 aliphatic rings. The summed E-state index contributed by atoms with van der Waals surface area (Å²) in [5.41, 5.74) is 2.38. The minimum Gasteiger partial charge on any atom is -0.480 e. The average molecular weight is 1070 g/mol. The van der Waals surface area contributed by atoms with Crippen molar-refractivity contribution in [2.45, 2.75) is 95.3 Å². The Hall–Kier alpha value is -5.75. The number of aliphatic hydroxyl groups is 1. The van der Waals surface area contributed by atoms with Crippen molar-refractivity contribution < 1.29 is 72.7 Å². The number of ether oxygens (including phenoxy) is 5. The molecule has 6 N–H and O–H groups in total. The van der Waals surface area contributed by atoms with Gasteiger partial charge in [0.2, 0.25) is 11.8 Å². The number of likely N-dealkylation sites (N-methyl/N-ethyl adjacent to an activating group) is 2. The fourth-order valence-corrected chi connectivity index (χ4v) is 11.1. The van der Waals surface area contributed by atoms with Crippen molar-refractivity contribution in [3.8, 4) is 11.5 Å². The van der Waals surface area contributed by atoms with E-state index >= 15 is 0 Å². The first kappa shape index (κ1) is 58.9. The minimum absolute atomic E-state index is 0.0154. The molecule has 0 saturated carbocycles. The maximum Gasteiger partial charge on any atom is 0.374 e. The predicted molar refractivity (Wildman–Crippen MR) is 283 cm³/mol. The lowest BCUT2D eigenvalue weighted by Crippen LogP contribution is -2.52. The van der Waals surface area contributed by atoms with Crippen molar-refractivity contribution in [1.82, 2.24) is 30.1 Å². The Balaban J connectivity index is 0.000000220. The van der Waals surface area contributed by atoms with E-state index in [1.165, 1.54) is 6.82 Å². The number of esters is 3. The monoisotopic (exact) mass is 1070 g/mol. The van der Waals surface area contributed by atoms with E-state index in [0.29, 0.717) is 43.2 Å². The number of aliphatic hydroxyl groups excluding tert-OH is 1. The molecule has 10 unspecified atom stereocenters. The number of carboxylic acid groups (broad SMARTS) is 1. The molecule has 0 aliphatic carbocycles. The Kier molecular flexibility index (Phi) is 21.2. The summed E-state index contributed by atoms with van der Waals surface area (Å²) in [6.45, 7) is 8.98. The van der Waals surface area contributed by atoms with Crippen molar-refractivity contribution in [2.75, 3.05) is 73.6 Å². The Bertz CT molecular complexity index is 2440. The number of carbonyl (C=O) groups is 6. The molecular weight excluding hydrogens is 994 g/mol. The average Bonchev–Trinajstić information content (AvgIpc) is 4.30. The summed E-state index contributed by atoms with van der Waals surface area (Å²) in [6.07, 6.45) is 2.38. The number of carbonyl (C=O) groups excluding carboxylic acids is 5.